The van der Waals surface area contributed by atoms with Crippen LogP contribution in [-0.4, -0.2) is 30.7 Å². The fraction of sp³-hybridized carbons (Fsp3) is 0.731. The Bertz CT molecular complexity index is 637. The molecule has 1 aromatic carbocycles. The molecule has 0 saturated heterocycles. The summed E-state index contributed by atoms with van der Waals surface area (Å²) >= 11 is 0. The van der Waals surface area contributed by atoms with Crippen LogP contribution in [0.3, 0.4) is 0 Å². The van der Waals surface area contributed by atoms with Gasteiger partial charge in [-0.3, -0.25) is 13.8 Å². The second-order valence-corrected chi connectivity index (χ2v) is 10.0. The number of rotatable bonds is 22. The maximum Gasteiger partial charge on any atom is 0.472 e. The molecule has 0 aliphatic heterocycles. The van der Waals surface area contributed by atoms with Gasteiger partial charge in [-0.15, -0.1) is 0 Å². The number of carbonyl (C=O) groups is 1. The van der Waals surface area contributed by atoms with Crippen LogP contribution in [0.15, 0.2) is 30.3 Å². The monoisotopic (exact) mass is 484 g/mol. The lowest BCUT2D eigenvalue weighted by molar-refractivity contribution is -0.144. The molecule has 6 nitrogen and oxygen atoms in total. The van der Waals surface area contributed by atoms with Gasteiger partial charge >= 0.3 is 13.8 Å². The zero-order valence-electron chi connectivity index (χ0n) is 20.6. The molecule has 0 aliphatic carbocycles. The molecule has 0 aliphatic rings. The molecule has 1 unspecified atom stereocenters. The van der Waals surface area contributed by atoms with Gasteiger partial charge in [-0.25, -0.2) is 4.57 Å². The minimum atomic E-state index is -4.13. The van der Waals surface area contributed by atoms with Gasteiger partial charge in [0.25, 0.3) is 0 Å². The van der Waals surface area contributed by atoms with Gasteiger partial charge in [0, 0.05) is 6.42 Å². The van der Waals surface area contributed by atoms with Gasteiger partial charge in [0.2, 0.25) is 0 Å². The summed E-state index contributed by atoms with van der Waals surface area (Å²) in [5, 5.41) is 0. The molecular formula is C26H45O6P. The molecule has 0 amide bonds. The van der Waals surface area contributed by atoms with Crippen molar-refractivity contribution in [3.05, 3.63) is 35.9 Å². The summed E-state index contributed by atoms with van der Waals surface area (Å²) in [6.45, 7) is 2.12. The van der Waals surface area contributed by atoms with Gasteiger partial charge < -0.3 is 9.63 Å². The van der Waals surface area contributed by atoms with Crippen LogP contribution >= 0.6 is 7.82 Å². The Morgan fingerprint density at radius 3 is 1.85 bits per heavy atom. The summed E-state index contributed by atoms with van der Waals surface area (Å²) in [6.07, 6.45) is 17.3. The summed E-state index contributed by atoms with van der Waals surface area (Å²) < 4.78 is 26.7. The van der Waals surface area contributed by atoms with Crippen molar-refractivity contribution in [3.8, 4) is 0 Å². The van der Waals surface area contributed by atoms with E-state index in [0.717, 1.165) is 24.8 Å². The SMILES string of the molecule is CCCCCCCCCCCCCCCC(=O)OCCOP(=O)(O)OCCc1ccccc1. The smallest absolute Gasteiger partial charge is 0.463 e. The number of hydrogen-bond acceptors (Lipinski definition) is 5. The molecule has 33 heavy (non-hydrogen) atoms. The van der Waals surface area contributed by atoms with Gasteiger partial charge in [0.1, 0.15) is 6.61 Å². The van der Waals surface area contributed by atoms with Crippen LogP contribution in [0, 0.1) is 0 Å². The van der Waals surface area contributed by atoms with E-state index in [1.165, 1.54) is 64.2 Å². The van der Waals surface area contributed by atoms with Crippen molar-refractivity contribution >= 4 is 13.8 Å². The van der Waals surface area contributed by atoms with Crippen LogP contribution in [0.1, 0.15) is 102 Å². The molecule has 0 spiro atoms. The Labute approximate surface area is 201 Å². The predicted octanol–water partition coefficient (Wildman–Crippen LogP) is 7.39. The Morgan fingerprint density at radius 1 is 0.758 bits per heavy atom. The van der Waals surface area contributed by atoms with E-state index in [1.54, 1.807) is 0 Å². The Balaban J connectivity index is 1.88. The average Bonchev–Trinajstić information content (AvgIpc) is 2.80. The molecule has 0 heterocycles. The average molecular weight is 485 g/mol. The fourth-order valence-electron chi connectivity index (χ4n) is 3.63. The summed E-state index contributed by atoms with van der Waals surface area (Å²) in [5.41, 5.74) is 1.01. The third kappa shape index (κ3) is 18.9. The third-order valence-corrected chi connectivity index (χ3v) is 6.59. The Hall–Kier alpha value is -1.20. The highest BCUT2D eigenvalue weighted by molar-refractivity contribution is 7.47. The first-order chi connectivity index (χ1) is 16.0. The zero-order valence-corrected chi connectivity index (χ0v) is 21.4. The van der Waals surface area contributed by atoms with Crippen molar-refractivity contribution in [1.82, 2.24) is 0 Å². The summed E-state index contributed by atoms with van der Waals surface area (Å²) in [4.78, 5) is 21.4. The van der Waals surface area contributed by atoms with E-state index in [1.807, 2.05) is 30.3 Å². The number of phosphoric acid groups is 1. The number of carbonyl (C=O) groups excluding carboxylic acids is 1. The number of ether oxygens (including phenoxy) is 1. The molecule has 0 aromatic heterocycles. The highest BCUT2D eigenvalue weighted by Gasteiger charge is 2.20. The normalized spacial score (nSPS) is 13.0. The van der Waals surface area contributed by atoms with E-state index in [2.05, 4.69) is 6.92 Å². The molecule has 0 fully saturated rings. The van der Waals surface area contributed by atoms with Crippen LogP contribution < -0.4 is 0 Å². The van der Waals surface area contributed by atoms with Crippen molar-refractivity contribution in [2.24, 2.45) is 0 Å². The van der Waals surface area contributed by atoms with E-state index in [0.29, 0.717) is 12.8 Å². The molecule has 1 rings (SSSR count). The molecule has 0 bridgehead atoms. The summed E-state index contributed by atoms with van der Waals surface area (Å²) in [5.74, 6) is -0.292. The van der Waals surface area contributed by atoms with Gasteiger partial charge in [-0.2, -0.15) is 0 Å². The minimum absolute atomic E-state index is 0.0517. The molecule has 1 N–H and O–H groups in total. The Kier molecular flexibility index (Phi) is 18.3. The first kappa shape index (κ1) is 29.8. The van der Waals surface area contributed by atoms with E-state index < -0.39 is 7.82 Å². The van der Waals surface area contributed by atoms with Crippen LogP contribution in [0.5, 0.6) is 0 Å². The molecule has 1 aromatic rings. The van der Waals surface area contributed by atoms with Crippen molar-refractivity contribution in [2.45, 2.75) is 103 Å². The van der Waals surface area contributed by atoms with Gasteiger partial charge in [-0.05, 0) is 18.4 Å². The number of hydrogen-bond donors (Lipinski definition) is 1. The largest absolute Gasteiger partial charge is 0.472 e. The molecule has 1 atom stereocenters. The number of unbranched alkanes of at least 4 members (excludes halogenated alkanes) is 12. The highest BCUT2D eigenvalue weighted by Crippen LogP contribution is 2.42. The lowest BCUT2D eigenvalue weighted by Gasteiger charge is -2.12. The predicted molar refractivity (Wildman–Crippen MR) is 133 cm³/mol. The van der Waals surface area contributed by atoms with Crippen LogP contribution in [0.2, 0.25) is 0 Å². The van der Waals surface area contributed by atoms with Crippen LogP contribution in [0.4, 0.5) is 0 Å². The maximum absolute atomic E-state index is 11.8. The van der Waals surface area contributed by atoms with E-state index >= 15 is 0 Å². The molecule has 0 radical (unpaired) electrons. The topological polar surface area (TPSA) is 82.1 Å². The maximum atomic E-state index is 11.8. The van der Waals surface area contributed by atoms with E-state index in [-0.39, 0.29) is 25.8 Å². The second-order valence-electron chi connectivity index (χ2n) is 8.58. The lowest BCUT2D eigenvalue weighted by atomic mass is 10.0. The molecule has 7 heteroatoms. The lowest BCUT2D eigenvalue weighted by Crippen LogP contribution is -2.10. The van der Waals surface area contributed by atoms with Crippen LogP contribution in [0.25, 0.3) is 0 Å². The molecule has 190 valence electrons. The van der Waals surface area contributed by atoms with E-state index in [9.17, 15) is 14.3 Å². The van der Waals surface area contributed by atoms with Crippen LogP contribution in [-0.2, 0) is 29.6 Å². The quantitative estimate of drug-likeness (QED) is 0.105. The summed E-state index contributed by atoms with van der Waals surface area (Å²) in [6, 6.07) is 9.55. The minimum Gasteiger partial charge on any atom is -0.463 e. The number of benzene rings is 1. The number of esters is 1. The molecule has 0 saturated carbocycles. The standard InChI is InChI=1S/C26H45O6P/c1-2-3-4-5-6-7-8-9-10-11-12-13-17-20-26(27)30-23-24-32-33(28,29)31-22-21-25-18-15-14-16-19-25/h14-16,18-19H,2-13,17,20-24H2,1H3,(H,28,29). The van der Waals surface area contributed by atoms with Gasteiger partial charge in [-0.1, -0.05) is 114 Å². The Morgan fingerprint density at radius 2 is 1.27 bits per heavy atom. The molecular weight excluding hydrogens is 439 g/mol. The second kappa shape index (κ2) is 20.2. The van der Waals surface area contributed by atoms with Crippen molar-refractivity contribution in [3.63, 3.8) is 0 Å². The first-order valence-electron chi connectivity index (χ1n) is 12.8. The van der Waals surface area contributed by atoms with Gasteiger partial charge in [0.15, 0.2) is 0 Å². The number of phosphoric ester groups is 1. The van der Waals surface area contributed by atoms with Crippen molar-refractivity contribution < 1.29 is 28.0 Å². The van der Waals surface area contributed by atoms with E-state index in [4.69, 9.17) is 13.8 Å². The zero-order chi connectivity index (χ0) is 24.0. The highest BCUT2D eigenvalue weighted by atomic mass is 31.2. The van der Waals surface area contributed by atoms with Crippen molar-refractivity contribution in [1.29, 1.82) is 0 Å². The van der Waals surface area contributed by atoms with Gasteiger partial charge in [0.05, 0.1) is 13.2 Å². The van der Waals surface area contributed by atoms with Crippen molar-refractivity contribution in [2.75, 3.05) is 19.8 Å². The summed E-state index contributed by atoms with van der Waals surface area (Å²) in [7, 11) is -4.13. The fourth-order valence-corrected chi connectivity index (χ4v) is 4.33. The first-order valence-corrected chi connectivity index (χ1v) is 14.3. The third-order valence-electron chi connectivity index (χ3n) is 5.57.